The van der Waals surface area contributed by atoms with E-state index in [9.17, 15) is 13.2 Å². The summed E-state index contributed by atoms with van der Waals surface area (Å²) in [7, 11) is 0. The van der Waals surface area contributed by atoms with Gasteiger partial charge in [0, 0.05) is 12.1 Å². The van der Waals surface area contributed by atoms with Crippen LogP contribution in [-0.2, 0) is 6.18 Å². The van der Waals surface area contributed by atoms with Crippen LogP contribution < -0.4 is 0 Å². The zero-order valence-corrected chi connectivity index (χ0v) is 6.68. The Morgan fingerprint density at radius 1 is 1.50 bits per heavy atom. The van der Waals surface area contributed by atoms with Gasteiger partial charge in [-0.15, -0.1) is 0 Å². The van der Waals surface area contributed by atoms with Gasteiger partial charge in [-0.25, -0.2) is 0 Å². The van der Waals surface area contributed by atoms with Gasteiger partial charge in [0.05, 0.1) is 6.20 Å². The van der Waals surface area contributed by atoms with Crippen molar-refractivity contribution >= 4 is 0 Å². The van der Waals surface area contributed by atoms with Crippen molar-refractivity contribution in [1.82, 2.24) is 9.78 Å². The third kappa shape index (κ3) is 1.60. The molecule has 1 radical (unpaired) electrons. The SMILES string of the molecule is CC(C)n1nc[c]c1C(F)(F)F. The van der Waals surface area contributed by atoms with Gasteiger partial charge in [0.25, 0.3) is 0 Å². The van der Waals surface area contributed by atoms with Crippen LogP contribution in [0.5, 0.6) is 0 Å². The maximum Gasteiger partial charge on any atom is 0.433 e. The second-order valence-electron chi connectivity index (χ2n) is 2.67. The first kappa shape index (κ1) is 9.09. The van der Waals surface area contributed by atoms with Gasteiger partial charge in [0.15, 0.2) is 5.69 Å². The lowest BCUT2D eigenvalue weighted by Gasteiger charge is -2.12. The molecule has 1 rings (SSSR count). The number of hydrogen-bond donors (Lipinski definition) is 0. The van der Waals surface area contributed by atoms with Gasteiger partial charge in [0.1, 0.15) is 0 Å². The zero-order chi connectivity index (χ0) is 9.35. The van der Waals surface area contributed by atoms with Crippen molar-refractivity contribution in [3.05, 3.63) is 18.0 Å². The van der Waals surface area contributed by atoms with E-state index >= 15 is 0 Å². The molecule has 0 aliphatic heterocycles. The minimum absolute atomic E-state index is 0.298. The summed E-state index contributed by atoms with van der Waals surface area (Å²) in [6.07, 6.45) is -3.33. The Kier molecular flexibility index (Phi) is 2.12. The van der Waals surface area contributed by atoms with Gasteiger partial charge < -0.3 is 0 Å². The Hall–Kier alpha value is -1.00. The van der Waals surface area contributed by atoms with Crippen molar-refractivity contribution in [3.63, 3.8) is 0 Å². The van der Waals surface area contributed by atoms with Crippen molar-refractivity contribution in [2.45, 2.75) is 26.1 Å². The number of nitrogens with zero attached hydrogens (tertiary/aromatic N) is 2. The molecule has 0 aromatic carbocycles. The van der Waals surface area contributed by atoms with E-state index in [1.54, 1.807) is 13.8 Å². The summed E-state index contributed by atoms with van der Waals surface area (Å²) in [6.45, 7) is 3.27. The normalized spacial score (nSPS) is 12.5. The van der Waals surface area contributed by atoms with Crippen molar-refractivity contribution in [1.29, 1.82) is 0 Å². The van der Waals surface area contributed by atoms with Crippen molar-refractivity contribution in [2.24, 2.45) is 0 Å². The van der Waals surface area contributed by atoms with E-state index in [2.05, 4.69) is 11.2 Å². The van der Waals surface area contributed by atoms with Crippen LogP contribution in [0.25, 0.3) is 0 Å². The lowest BCUT2D eigenvalue weighted by atomic mass is 10.3. The highest BCUT2D eigenvalue weighted by Crippen LogP contribution is 2.29. The average Bonchev–Trinajstić information content (AvgIpc) is 2.30. The second kappa shape index (κ2) is 2.80. The van der Waals surface area contributed by atoms with Crippen LogP contribution in [-0.4, -0.2) is 9.78 Å². The molecular weight excluding hydrogens is 169 g/mol. The van der Waals surface area contributed by atoms with Crippen LogP contribution in [0.4, 0.5) is 13.2 Å². The molecule has 1 aromatic heterocycles. The summed E-state index contributed by atoms with van der Waals surface area (Å²) in [6, 6.07) is 1.76. The van der Waals surface area contributed by atoms with Gasteiger partial charge in [-0.1, -0.05) is 0 Å². The van der Waals surface area contributed by atoms with Crippen molar-refractivity contribution < 1.29 is 13.2 Å². The van der Waals surface area contributed by atoms with Crippen LogP contribution in [0, 0.1) is 6.07 Å². The molecule has 0 spiro atoms. The zero-order valence-electron chi connectivity index (χ0n) is 6.68. The summed E-state index contributed by atoms with van der Waals surface area (Å²) in [4.78, 5) is 0. The van der Waals surface area contributed by atoms with Gasteiger partial charge in [-0.05, 0) is 13.8 Å². The van der Waals surface area contributed by atoms with Gasteiger partial charge >= 0.3 is 6.18 Å². The molecule has 5 heteroatoms. The van der Waals surface area contributed by atoms with Crippen LogP contribution in [0.1, 0.15) is 25.6 Å². The first-order valence-corrected chi connectivity index (χ1v) is 3.45. The molecule has 0 aliphatic carbocycles. The van der Waals surface area contributed by atoms with Crippen LogP contribution in [0.15, 0.2) is 6.20 Å². The highest BCUT2D eigenvalue weighted by Gasteiger charge is 2.35. The fourth-order valence-corrected chi connectivity index (χ4v) is 0.879. The van der Waals surface area contributed by atoms with E-state index in [0.717, 1.165) is 10.9 Å². The molecule has 0 aliphatic rings. The Labute approximate surface area is 68.0 Å². The second-order valence-corrected chi connectivity index (χ2v) is 2.67. The van der Waals surface area contributed by atoms with E-state index in [1.165, 1.54) is 0 Å². The Bertz CT molecular complexity index is 262. The molecule has 67 valence electrons. The monoisotopic (exact) mass is 177 g/mol. The standard InChI is InChI=1S/C7H8F3N2/c1-5(2)12-6(3-4-11-12)7(8,9)10/h4-5H,1-2H3. The third-order valence-corrected chi connectivity index (χ3v) is 1.37. The smallest absolute Gasteiger partial charge is 0.257 e. The van der Waals surface area contributed by atoms with E-state index in [0.29, 0.717) is 0 Å². The molecule has 0 N–H and O–H groups in total. The number of rotatable bonds is 1. The predicted octanol–water partition coefficient (Wildman–Crippen LogP) is 2.28. The molecule has 0 saturated heterocycles. The highest BCUT2D eigenvalue weighted by molar-refractivity contribution is 5.03. The third-order valence-electron chi connectivity index (χ3n) is 1.37. The van der Waals surface area contributed by atoms with E-state index in [-0.39, 0.29) is 6.04 Å². The summed E-state index contributed by atoms with van der Waals surface area (Å²) < 4.78 is 37.4. The topological polar surface area (TPSA) is 17.8 Å². The lowest BCUT2D eigenvalue weighted by Crippen LogP contribution is -2.16. The fraction of sp³-hybridized carbons (Fsp3) is 0.571. The average molecular weight is 177 g/mol. The highest BCUT2D eigenvalue weighted by atomic mass is 19.4. The van der Waals surface area contributed by atoms with E-state index in [4.69, 9.17) is 0 Å². The maximum absolute atomic E-state index is 12.1. The largest absolute Gasteiger partial charge is 0.433 e. The molecule has 0 saturated carbocycles. The molecule has 2 nitrogen and oxygen atoms in total. The molecule has 12 heavy (non-hydrogen) atoms. The molecular formula is C7H8F3N2. The molecule has 0 unspecified atom stereocenters. The van der Waals surface area contributed by atoms with Crippen molar-refractivity contribution in [3.8, 4) is 0 Å². The molecule has 0 atom stereocenters. The molecule has 1 heterocycles. The summed E-state index contributed by atoms with van der Waals surface area (Å²) >= 11 is 0. The first-order valence-electron chi connectivity index (χ1n) is 3.45. The molecule has 0 bridgehead atoms. The van der Waals surface area contributed by atoms with Crippen LogP contribution >= 0.6 is 0 Å². The number of alkyl halides is 3. The summed E-state index contributed by atoms with van der Waals surface area (Å²) in [5, 5.41) is 3.52. The Balaban J connectivity index is 3.08. The fourth-order valence-electron chi connectivity index (χ4n) is 0.879. The van der Waals surface area contributed by atoms with Crippen LogP contribution in [0.2, 0.25) is 0 Å². The number of halogens is 3. The minimum atomic E-state index is -4.36. The van der Waals surface area contributed by atoms with Gasteiger partial charge in [-0.3, -0.25) is 4.68 Å². The van der Waals surface area contributed by atoms with Gasteiger partial charge in [-0.2, -0.15) is 18.3 Å². The summed E-state index contributed by atoms with van der Waals surface area (Å²) in [5.74, 6) is 0. The lowest BCUT2D eigenvalue weighted by molar-refractivity contribution is -0.145. The number of aromatic nitrogens is 2. The van der Waals surface area contributed by atoms with Gasteiger partial charge in [0.2, 0.25) is 0 Å². The Morgan fingerprint density at radius 2 is 2.08 bits per heavy atom. The molecule has 0 amide bonds. The first-order chi connectivity index (χ1) is 5.43. The van der Waals surface area contributed by atoms with E-state index < -0.39 is 11.9 Å². The minimum Gasteiger partial charge on any atom is -0.257 e. The van der Waals surface area contributed by atoms with E-state index in [1.807, 2.05) is 0 Å². The number of hydrogen-bond acceptors (Lipinski definition) is 1. The van der Waals surface area contributed by atoms with Crippen LogP contribution in [0.3, 0.4) is 0 Å². The van der Waals surface area contributed by atoms with Crippen molar-refractivity contribution in [2.75, 3.05) is 0 Å². The predicted molar refractivity (Wildman–Crippen MR) is 36.5 cm³/mol. The maximum atomic E-state index is 12.1. The quantitative estimate of drug-likeness (QED) is 0.643. The Morgan fingerprint density at radius 3 is 2.42 bits per heavy atom. The molecule has 0 fully saturated rings. The summed E-state index contributed by atoms with van der Waals surface area (Å²) in [5.41, 5.74) is -0.822. The molecule has 1 aromatic rings.